The molecule has 0 bridgehead atoms. The number of hydrogen-bond acceptors (Lipinski definition) is 6. The second-order valence-corrected chi connectivity index (χ2v) is 9.85. The number of ether oxygens (including phenoxy) is 1. The zero-order valence-corrected chi connectivity index (χ0v) is 19.9. The van der Waals surface area contributed by atoms with Gasteiger partial charge < -0.3 is 14.5 Å². The van der Waals surface area contributed by atoms with Crippen LogP contribution in [-0.2, 0) is 10.0 Å². The lowest BCUT2D eigenvalue weighted by Gasteiger charge is -2.33. The molecule has 0 aliphatic carbocycles. The molecular weight excluding hydrogens is 454 g/mol. The summed E-state index contributed by atoms with van der Waals surface area (Å²) < 4.78 is 38.9. The molecule has 9 heteroatoms. The predicted molar refractivity (Wildman–Crippen MR) is 129 cm³/mol. The van der Waals surface area contributed by atoms with Gasteiger partial charge in [-0.1, -0.05) is 18.6 Å². The van der Waals surface area contributed by atoms with Gasteiger partial charge in [0.25, 0.3) is 15.9 Å². The molecule has 1 aliphatic heterocycles. The van der Waals surface area contributed by atoms with Gasteiger partial charge in [0.1, 0.15) is 11.5 Å². The monoisotopic (exact) mass is 483 g/mol. The number of carbonyl (C=O) groups is 1. The SMILES string of the molecule is COc1ccccc1NS(=O)(=O)c1ccc(C(=O)NC[C@H](c2ccco2)N2CCCCC2)cc1. The molecule has 1 aliphatic rings. The molecule has 0 unspecified atom stereocenters. The number of benzene rings is 2. The van der Waals surface area contributed by atoms with Crippen LogP contribution < -0.4 is 14.8 Å². The molecule has 0 spiro atoms. The normalized spacial score (nSPS) is 15.4. The Hall–Kier alpha value is -3.30. The van der Waals surface area contributed by atoms with Gasteiger partial charge in [-0.05, 0) is 74.5 Å². The summed E-state index contributed by atoms with van der Waals surface area (Å²) >= 11 is 0. The van der Waals surface area contributed by atoms with Gasteiger partial charge in [-0.15, -0.1) is 0 Å². The van der Waals surface area contributed by atoms with E-state index in [4.69, 9.17) is 9.15 Å². The quantitative estimate of drug-likeness (QED) is 0.476. The summed E-state index contributed by atoms with van der Waals surface area (Å²) in [4.78, 5) is 15.2. The highest BCUT2D eigenvalue weighted by atomic mass is 32.2. The van der Waals surface area contributed by atoms with Crippen molar-refractivity contribution in [2.24, 2.45) is 0 Å². The highest BCUT2D eigenvalue weighted by molar-refractivity contribution is 7.92. The van der Waals surface area contributed by atoms with Gasteiger partial charge in [-0.25, -0.2) is 8.42 Å². The molecule has 1 fully saturated rings. The van der Waals surface area contributed by atoms with Gasteiger partial charge in [0.15, 0.2) is 0 Å². The summed E-state index contributed by atoms with van der Waals surface area (Å²) in [6.07, 6.45) is 5.12. The lowest BCUT2D eigenvalue weighted by Crippen LogP contribution is -2.40. The zero-order valence-electron chi connectivity index (χ0n) is 19.1. The Morgan fingerprint density at radius 2 is 1.76 bits per heavy atom. The van der Waals surface area contributed by atoms with Crippen molar-refractivity contribution in [1.29, 1.82) is 0 Å². The van der Waals surface area contributed by atoms with Crippen LogP contribution in [0, 0.1) is 0 Å². The average molecular weight is 484 g/mol. The number of piperidine rings is 1. The lowest BCUT2D eigenvalue weighted by atomic mass is 10.1. The number of nitrogens with one attached hydrogen (secondary N) is 2. The number of likely N-dealkylation sites (tertiary alicyclic amines) is 1. The third kappa shape index (κ3) is 5.60. The molecule has 1 atom stereocenters. The van der Waals surface area contributed by atoms with E-state index < -0.39 is 10.0 Å². The minimum Gasteiger partial charge on any atom is -0.495 e. The van der Waals surface area contributed by atoms with Crippen LogP contribution in [0.15, 0.2) is 76.2 Å². The Labute approximate surface area is 200 Å². The largest absolute Gasteiger partial charge is 0.495 e. The molecular formula is C25H29N3O5S. The molecule has 2 heterocycles. The van der Waals surface area contributed by atoms with Crippen LogP contribution in [0.25, 0.3) is 0 Å². The van der Waals surface area contributed by atoms with Crippen molar-refractivity contribution in [2.75, 3.05) is 31.5 Å². The molecule has 1 saturated heterocycles. The lowest BCUT2D eigenvalue weighted by molar-refractivity contribution is 0.0914. The minimum absolute atomic E-state index is 0.0380. The summed E-state index contributed by atoms with van der Waals surface area (Å²) in [6, 6.07) is 16.4. The van der Waals surface area contributed by atoms with E-state index in [9.17, 15) is 13.2 Å². The molecule has 8 nitrogen and oxygen atoms in total. The molecule has 180 valence electrons. The van der Waals surface area contributed by atoms with Gasteiger partial charge in [0.05, 0.1) is 30.0 Å². The first-order chi connectivity index (χ1) is 16.5. The van der Waals surface area contributed by atoms with E-state index in [0.29, 0.717) is 23.5 Å². The van der Waals surface area contributed by atoms with Crippen LogP contribution in [0.1, 0.15) is 41.4 Å². The van der Waals surface area contributed by atoms with E-state index in [1.807, 2.05) is 12.1 Å². The van der Waals surface area contributed by atoms with E-state index in [-0.39, 0.29) is 16.8 Å². The molecule has 0 saturated carbocycles. The van der Waals surface area contributed by atoms with Crippen molar-refractivity contribution < 1.29 is 22.4 Å². The summed E-state index contributed by atoms with van der Waals surface area (Å²) in [5, 5.41) is 2.98. The maximum absolute atomic E-state index is 12.8. The van der Waals surface area contributed by atoms with E-state index in [2.05, 4.69) is 14.9 Å². The standard InChI is InChI=1S/C25H29N3O5S/c1-32-23-9-4-3-8-21(23)27-34(30,31)20-13-11-19(12-14-20)25(29)26-18-22(24-10-7-17-33-24)28-15-5-2-6-16-28/h3-4,7-14,17,22,27H,2,5-6,15-16,18H2,1H3,(H,26,29)/t22-/m1/s1. The van der Waals surface area contributed by atoms with Crippen LogP contribution in [0.2, 0.25) is 0 Å². The van der Waals surface area contributed by atoms with Crippen LogP contribution >= 0.6 is 0 Å². The Bertz CT molecular complexity index is 1190. The van der Waals surface area contributed by atoms with Crippen molar-refractivity contribution in [3.05, 3.63) is 78.3 Å². The minimum atomic E-state index is -3.84. The number of carbonyl (C=O) groups excluding carboxylic acids is 1. The summed E-state index contributed by atoms with van der Waals surface area (Å²) in [5.74, 6) is 0.975. The number of furan rings is 1. The van der Waals surface area contributed by atoms with Crippen LogP contribution in [0.3, 0.4) is 0 Å². The Balaban J connectivity index is 1.42. The number of hydrogen-bond donors (Lipinski definition) is 2. The molecule has 2 aromatic carbocycles. The summed E-state index contributed by atoms with van der Waals surface area (Å²) in [5.41, 5.74) is 0.724. The second kappa shape index (κ2) is 10.8. The highest BCUT2D eigenvalue weighted by Crippen LogP contribution is 2.27. The van der Waals surface area contributed by atoms with Crippen molar-refractivity contribution in [3.8, 4) is 5.75 Å². The predicted octanol–water partition coefficient (Wildman–Crippen LogP) is 4.05. The maximum Gasteiger partial charge on any atom is 0.262 e. The third-order valence-electron chi connectivity index (χ3n) is 5.94. The molecule has 0 radical (unpaired) electrons. The van der Waals surface area contributed by atoms with Crippen molar-refractivity contribution in [1.82, 2.24) is 10.2 Å². The molecule has 2 N–H and O–H groups in total. The van der Waals surface area contributed by atoms with E-state index >= 15 is 0 Å². The first kappa shape index (κ1) is 23.8. The number of anilines is 1. The zero-order chi connectivity index (χ0) is 24.0. The summed E-state index contributed by atoms with van der Waals surface area (Å²) in [6.45, 7) is 2.34. The molecule has 1 amide bonds. The first-order valence-corrected chi connectivity index (χ1v) is 12.8. The first-order valence-electron chi connectivity index (χ1n) is 11.3. The van der Waals surface area contributed by atoms with Gasteiger partial charge in [-0.3, -0.25) is 14.4 Å². The van der Waals surface area contributed by atoms with Crippen molar-refractivity contribution >= 4 is 21.6 Å². The molecule has 34 heavy (non-hydrogen) atoms. The summed E-state index contributed by atoms with van der Waals surface area (Å²) in [7, 11) is -2.36. The molecule has 3 aromatic rings. The molecule has 4 rings (SSSR count). The number of nitrogens with zero attached hydrogens (tertiary/aromatic N) is 1. The Kier molecular flexibility index (Phi) is 7.54. The smallest absolute Gasteiger partial charge is 0.262 e. The number of para-hydroxylation sites is 2. The Morgan fingerprint density at radius 1 is 1.03 bits per heavy atom. The van der Waals surface area contributed by atoms with Gasteiger partial charge in [0, 0.05) is 12.1 Å². The highest BCUT2D eigenvalue weighted by Gasteiger charge is 2.25. The third-order valence-corrected chi connectivity index (χ3v) is 7.32. The number of methoxy groups -OCH3 is 1. The number of rotatable bonds is 9. The van der Waals surface area contributed by atoms with E-state index in [1.165, 1.54) is 37.8 Å². The van der Waals surface area contributed by atoms with Gasteiger partial charge >= 0.3 is 0 Å². The Morgan fingerprint density at radius 3 is 2.44 bits per heavy atom. The molecule has 1 aromatic heterocycles. The fourth-order valence-electron chi connectivity index (χ4n) is 4.13. The van der Waals surface area contributed by atoms with Crippen LogP contribution in [0.5, 0.6) is 5.75 Å². The number of sulfonamides is 1. The van der Waals surface area contributed by atoms with Crippen molar-refractivity contribution in [3.63, 3.8) is 0 Å². The number of amides is 1. The fourth-order valence-corrected chi connectivity index (χ4v) is 5.20. The van der Waals surface area contributed by atoms with Gasteiger partial charge in [0.2, 0.25) is 0 Å². The second-order valence-electron chi connectivity index (χ2n) is 8.17. The van der Waals surface area contributed by atoms with Gasteiger partial charge in [-0.2, -0.15) is 0 Å². The van der Waals surface area contributed by atoms with Crippen molar-refractivity contribution in [2.45, 2.75) is 30.2 Å². The van der Waals surface area contributed by atoms with E-state index in [0.717, 1.165) is 31.7 Å². The van der Waals surface area contributed by atoms with Crippen LogP contribution in [0.4, 0.5) is 5.69 Å². The van der Waals surface area contributed by atoms with E-state index in [1.54, 1.807) is 30.5 Å². The maximum atomic E-state index is 12.8. The topological polar surface area (TPSA) is 101 Å². The van der Waals surface area contributed by atoms with Crippen LogP contribution in [-0.4, -0.2) is 46.0 Å². The fraction of sp³-hybridized carbons (Fsp3) is 0.320. The average Bonchev–Trinajstić information content (AvgIpc) is 3.39.